The van der Waals surface area contributed by atoms with Crippen LogP contribution in [0.3, 0.4) is 0 Å². The maximum Gasteiger partial charge on any atom is 0.271 e. The molecule has 0 aliphatic carbocycles. The van der Waals surface area contributed by atoms with Crippen LogP contribution in [0, 0.1) is 24.0 Å². The fraction of sp³-hybridized carbons (Fsp3) is 0.167. The van der Waals surface area contributed by atoms with Gasteiger partial charge in [0.2, 0.25) is 0 Å². The number of nitrogens with one attached hydrogen (secondary N) is 2. The van der Waals surface area contributed by atoms with E-state index < -0.39 is 22.4 Å². The van der Waals surface area contributed by atoms with Crippen LogP contribution in [-0.2, 0) is 13.1 Å². The highest BCUT2D eigenvalue weighted by Crippen LogP contribution is 2.26. The van der Waals surface area contributed by atoms with Crippen LogP contribution in [0.1, 0.15) is 43.0 Å². The van der Waals surface area contributed by atoms with Gasteiger partial charge in [-0.1, -0.05) is 46.4 Å². The SMILES string of the molecule is Cc1cc(Cl)cc(Cl)c1CNC(=O)c1cc(C(=O)NCc2c(C)cc(Cl)cc2Cl)cc([N+](=O)[O-])c1. The molecule has 0 radical (unpaired) electrons. The molecule has 0 aliphatic heterocycles. The van der Waals surface area contributed by atoms with Crippen LogP contribution in [0.25, 0.3) is 0 Å². The Morgan fingerprint density at radius 1 is 0.743 bits per heavy atom. The molecule has 0 saturated heterocycles. The van der Waals surface area contributed by atoms with Gasteiger partial charge in [-0.2, -0.15) is 0 Å². The highest BCUT2D eigenvalue weighted by molar-refractivity contribution is 6.35. The molecule has 0 unspecified atom stereocenters. The molecule has 2 amide bonds. The van der Waals surface area contributed by atoms with Crippen LogP contribution in [-0.4, -0.2) is 16.7 Å². The first-order chi connectivity index (χ1) is 16.5. The Bertz CT molecular complexity index is 1210. The second-order valence-electron chi connectivity index (χ2n) is 7.76. The van der Waals surface area contributed by atoms with Crippen LogP contribution in [0.2, 0.25) is 20.1 Å². The van der Waals surface area contributed by atoms with E-state index in [4.69, 9.17) is 46.4 Å². The molecular formula is C24H19Cl4N3O4. The Hall–Kier alpha value is -2.84. The molecule has 7 nitrogen and oxygen atoms in total. The lowest BCUT2D eigenvalue weighted by atomic mass is 10.1. The Kier molecular flexibility index (Phi) is 8.61. The fourth-order valence-corrected chi connectivity index (χ4v) is 4.76. The number of nitrogens with zero attached hydrogens (tertiary/aromatic N) is 1. The number of nitro groups is 1. The topological polar surface area (TPSA) is 101 Å². The number of non-ortho nitro benzene ring substituents is 1. The molecule has 0 spiro atoms. The normalized spacial score (nSPS) is 10.7. The van der Waals surface area contributed by atoms with E-state index in [1.165, 1.54) is 6.07 Å². The Morgan fingerprint density at radius 2 is 1.14 bits per heavy atom. The molecule has 0 atom stereocenters. The number of hydrogen-bond donors (Lipinski definition) is 2. The minimum absolute atomic E-state index is 0.0483. The highest BCUT2D eigenvalue weighted by atomic mass is 35.5. The first-order valence-corrected chi connectivity index (χ1v) is 11.7. The molecular weight excluding hydrogens is 536 g/mol. The molecule has 3 aromatic carbocycles. The lowest BCUT2D eigenvalue weighted by molar-refractivity contribution is -0.384. The quantitative estimate of drug-likeness (QED) is 0.251. The molecule has 0 aliphatic rings. The van der Waals surface area contributed by atoms with Gasteiger partial charge in [-0.05, 0) is 66.4 Å². The zero-order chi connectivity index (χ0) is 25.9. The van der Waals surface area contributed by atoms with Crippen LogP contribution in [0.5, 0.6) is 0 Å². The van der Waals surface area contributed by atoms with Gasteiger partial charge in [0, 0.05) is 56.4 Å². The number of hydrogen-bond acceptors (Lipinski definition) is 4. The average molecular weight is 555 g/mol. The monoisotopic (exact) mass is 553 g/mol. The van der Waals surface area contributed by atoms with Crippen molar-refractivity contribution in [2.45, 2.75) is 26.9 Å². The smallest absolute Gasteiger partial charge is 0.271 e. The Morgan fingerprint density at radius 3 is 1.49 bits per heavy atom. The number of benzene rings is 3. The lowest BCUT2D eigenvalue weighted by Crippen LogP contribution is -2.26. The predicted octanol–water partition coefficient (Wildman–Crippen LogP) is 6.69. The summed E-state index contributed by atoms with van der Waals surface area (Å²) in [5, 5.41) is 18.5. The molecule has 3 rings (SSSR count). The standard InChI is InChI=1S/C24H19Cl4N3O4/c1-12-3-16(25)8-21(27)19(12)10-29-23(32)14-5-15(7-18(6-14)31(34)35)24(33)30-11-20-13(2)4-17(26)9-22(20)28/h3-9H,10-11H2,1-2H3,(H,29,32)(H,30,33). The zero-order valence-corrected chi connectivity index (χ0v) is 21.6. The lowest BCUT2D eigenvalue weighted by Gasteiger charge is -2.12. The first-order valence-electron chi connectivity index (χ1n) is 10.2. The van der Waals surface area contributed by atoms with Crippen molar-refractivity contribution in [1.82, 2.24) is 10.6 Å². The summed E-state index contributed by atoms with van der Waals surface area (Å²) in [6.07, 6.45) is 0. The van der Waals surface area contributed by atoms with E-state index >= 15 is 0 Å². The van der Waals surface area contributed by atoms with E-state index in [-0.39, 0.29) is 24.2 Å². The Labute approximate surface area is 221 Å². The van der Waals surface area contributed by atoms with Gasteiger partial charge in [0.25, 0.3) is 17.5 Å². The van der Waals surface area contributed by atoms with Crippen LogP contribution < -0.4 is 10.6 Å². The van der Waals surface area contributed by atoms with Crippen molar-refractivity contribution in [3.05, 3.63) is 106 Å². The second-order valence-corrected chi connectivity index (χ2v) is 9.44. The van der Waals surface area contributed by atoms with E-state index in [0.29, 0.717) is 31.2 Å². The van der Waals surface area contributed by atoms with Crippen molar-refractivity contribution in [2.24, 2.45) is 0 Å². The summed E-state index contributed by atoms with van der Waals surface area (Å²) in [5.41, 5.74) is 2.37. The number of carbonyl (C=O) groups is 2. The summed E-state index contributed by atoms with van der Waals surface area (Å²) < 4.78 is 0. The molecule has 0 aromatic heterocycles. The molecule has 2 N–H and O–H groups in total. The average Bonchev–Trinajstić information content (AvgIpc) is 2.76. The molecule has 0 saturated carbocycles. The number of aryl methyl sites for hydroxylation is 2. The van der Waals surface area contributed by atoms with Gasteiger partial charge in [-0.15, -0.1) is 0 Å². The highest BCUT2D eigenvalue weighted by Gasteiger charge is 2.19. The van der Waals surface area contributed by atoms with Crippen LogP contribution in [0.4, 0.5) is 5.69 Å². The van der Waals surface area contributed by atoms with E-state index in [0.717, 1.165) is 23.3 Å². The minimum Gasteiger partial charge on any atom is -0.348 e. The van der Waals surface area contributed by atoms with E-state index in [1.54, 1.807) is 38.1 Å². The van der Waals surface area contributed by atoms with Crippen LogP contribution >= 0.6 is 46.4 Å². The summed E-state index contributed by atoms with van der Waals surface area (Å²) in [5.74, 6) is -1.21. The third-order valence-corrected chi connectivity index (χ3v) is 6.38. The van der Waals surface area contributed by atoms with Crippen molar-refractivity contribution >= 4 is 63.9 Å². The maximum atomic E-state index is 12.8. The second kappa shape index (κ2) is 11.3. The van der Waals surface area contributed by atoms with Gasteiger partial charge in [-0.25, -0.2) is 0 Å². The summed E-state index contributed by atoms with van der Waals surface area (Å²) in [6.45, 7) is 3.73. The number of rotatable bonds is 7. The van der Waals surface area contributed by atoms with Crippen molar-refractivity contribution in [3.8, 4) is 0 Å². The predicted molar refractivity (Wildman–Crippen MR) is 138 cm³/mol. The third-order valence-electron chi connectivity index (χ3n) is 5.27. The minimum atomic E-state index is -0.673. The van der Waals surface area contributed by atoms with E-state index in [9.17, 15) is 19.7 Å². The fourth-order valence-electron chi connectivity index (χ4n) is 3.43. The summed E-state index contributed by atoms with van der Waals surface area (Å²) >= 11 is 24.4. The van der Waals surface area contributed by atoms with Gasteiger partial charge >= 0.3 is 0 Å². The van der Waals surface area contributed by atoms with Gasteiger partial charge < -0.3 is 10.6 Å². The molecule has 0 fully saturated rings. The van der Waals surface area contributed by atoms with Crippen LogP contribution in [0.15, 0.2) is 42.5 Å². The van der Waals surface area contributed by atoms with Gasteiger partial charge in [0.1, 0.15) is 0 Å². The van der Waals surface area contributed by atoms with E-state index in [2.05, 4.69) is 10.6 Å². The molecule has 11 heteroatoms. The molecule has 3 aromatic rings. The largest absolute Gasteiger partial charge is 0.348 e. The maximum absolute atomic E-state index is 12.8. The summed E-state index contributed by atoms with van der Waals surface area (Å²) in [4.78, 5) is 36.3. The zero-order valence-electron chi connectivity index (χ0n) is 18.5. The van der Waals surface area contributed by atoms with Gasteiger partial charge in [-0.3, -0.25) is 19.7 Å². The summed E-state index contributed by atoms with van der Waals surface area (Å²) in [6, 6.07) is 10.0. The van der Waals surface area contributed by atoms with Gasteiger partial charge in [0.05, 0.1) is 4.92 Å². The van der Waals surface area contributed by atoms with Crippen molar-refractivity contribution in [2.75, 3.05) is 0 Å². The number of nitro benzene ring substituents is 1. The third kappa shape index (κ3) is 6.64. The Balaban J connectivity index is 1.81. The molecule has 35 heavy (non-hydrogen) atoms. The number of halogens is 4. The van der Waals surface area contributed by atoms with Gasteiger partial charge in [0.15, 0.2) is 0 Å². The van der Waals surface area contributed by atoms with Crippen molar-refractivity contribution < 1.29 is 14.5 Å². The molecule has 0 bridgehead atoms. The number of carbonyl (C=O) groups excluding carboxylic acids is 2. The molecule has 0 heterocycles. The van der Waals surface area contributed by atoms with Crippen molar-refractivity contribution in [1.29, 1.82) is 0 Å². The number of amides is 2. The molecule has 182 valence electrons. The first kappa shape index (κ1) is 26.8. The van der Waals surface area contributed by atoms with E-state index in [1.807, 2.05) is 0 Å². The van der Waals surface area contributed by atoms with Crippen molar-refractivity contribution in [3.63, 3.8) is 0 Å². The summed E-state index contributed by atoms with van der Waals surface area (Å²) in [7, 11) is 0.